The molecule has 0 saturated heterocycles. The normalized spacial score (nSPS) is 11.0. The Morgan fingerprint density at radius 2 is 1.56 bits per heavy atom. The number of hydrogen-bond acceptors (Lipinski definition) is 5. The number of ether oxygens (including phenoxy) is 1. The van der Waals surface area contributed by atoms with Crippen molar-refractivity contribution < 1.29 is 22.7 Å². The van der Waals surface area contributed by atoms with Crippen LogP contribution in [0.5, 0.6) is 0 Å². The van der Waals surface area contributed by atoms with Crippen LogP contribution in [0.25, 0.3) is 0 Å². The summed E-state index contributed by atoms with van der Waals surface area (Å²) in [5.74, 6) is -1.36. The number of carbonyl (C=O) groups is 2. The molecule has 0 radical (unpaired) electrons. The summed E-state index contributed by atoms with van der Waals surface area (Å²) < 4.78 is 34.1. The topological polar surface area (TPSA) is 92.8 Å². The third-order valence-electron chi connectivity index (χ3n) is 4.47. The van der Waals surface area contributed by atoms with Crippen molar-refractivity contribution in [2.75, 3.05) is 11.4 Å². The molecule has 0 bridgehead atoms. The molecule has 32 heavy (non-hydrogen) atoms. The molecule has 3 aromatic carbocycles. The van der Waals surface area contributed by atoms with Crippen molar-refractivity contribution in [2.45, 2.75) is 6.54 Å². The summed E-state index contributed by atoms with van der Waals surface area (Å²) in [6.45, 7) is -0.214. The molecule has 166 valence electrons. The van der Waals surface area contributed by atoms with Crippen LogP contribution in [0.3, 0.4) is 0 Å². The van der Waals surface area contributed by atoms with Crippen LogP contribution >= 0.6 is 23.2 Å². The third kappa shape index (κ3) is 5.40. The molecule has 0 fully saturated rings. The molecule has 0 aliphatic carbocycles. The van der Waals surface area contributed by atoms with Gasteiger partial charge in [0.15, 0.2) is 0 Å². The Kier molecular flexibility index (Phi) is 7.40. The maximum absolute atomic E-state index is 13.2. The molecule has 0 saturated carbocycles. The fourth-order valence-electron chi connectivity index (χ4n) is 2.84. The van der Waals surface area contributed by atoms with Gasteiger partial charge in [0.25, 0.3) is 5.91 Å². The fourth-order valence-corrected chi connectivity index (χ4v) is 4.39. The average Bonchev–Trinajstić information content (AvgIpc) is 2.79. The molecule has 3 aromatic rings. The Bertz CT molecular complexity index is 1230. The van der Waals surface area contributed by atoms with Gasteiger partial charge in [-0.1, -0.05) is 53.5 Å². The van der Waals surface area contributed by atoms with E-state index in [1.807, 2.05) is 0 Å². The Morgan fingerprint density at radius 1 is 0.906 bits per heavy atom. The van der Waals surface area contributed by atoms with E-state index in [2.05, 4.69) is 9.46 Å². The summed E-state index contributed by atoms with van der Waals surface area (Å²) in [4.78, 5) is 24.3. The number of amides is 1. The maximum atomic E-state index is 13.2. The van der Waals surface area contributed by atoms with Gasteiger partial charge < -0.3 is 4.74 Å². The standard InChI is InChI=1S/C22H18Cl2N2O5S/c1-31-22(28)16-10-12-18(13-11-16)26(14-17-8-5-9-19(23)20(17)24)32(29,30)25-21(27)15-6-3-2-4-7-15/h2-13H,14H2,1H3,(H,25,27). The highest BCUT2D eigenvalue weighted by Gasteiger charge is 2.27. The molecule has 10 heteroatoms. The van der Waals surface area contributed by atoms with Gasteiger partial charge in [0, 0.05) is 5.56 Å². The van der Waals surface area contributed by atoms with Crippen LogP contribution in [0.1, 0.15) is 26.3 Å². The minimum Gasteiger partial charge on any atom is -0.465 e. The lowest BCUT2D eigenvalue weighted by atomic mass is 10.2. The second-order valence-electron chi connectivity index (χ2n) is 6.56. The monoisotopic (exact) mass is 492 g/mol. The highest BCUT2D eigenvalue weighted by atomic mass is 35.5. The second-order valence-corrected chi connectivity index (χ2v) is 8.94. The van der Waals surface area contributed by atoms with E-state index in [-0.39, 0.29) is 33.4 Å². The van der Waals surface area contributed by atoms with Crippen LogP contribution in [0, 0.1) is 0 Å². The molecule has 0 aliphatic rings. The summed E-state index contributed by atoms with van der Waals surface area (Å²) in [5.41, 5.74) is 1.04. The Morgan fingerprint density at radius 3 is 2.19 bits per heavy atom. The SMILES string of the molecule is COC(=O)c1ccc(N(Cc2cccc(Cl)c2Cl)S(=O)(=O)NC(=O)c2ccccc2)cc1. The van der Waals surface area contributed by atoms with Gasteiger partial charge in [0.2, 0.25) is 0 Å². The first-order chi connectivity index (χ1) is 15.2. The molecular formula is C22H18Cl2N2O5S. The molecule has 1 amide bonds. The Balaban J connectivity index is 2.00. The van der Waals surface area contributed by atoms with E-state index >= 15 is 0 Å². The van der Waals surface area contributed by atoms with Gasteiger partial charge in [-0.15, -0.1) is 0 Å². The van der Waals surface area contributed by atoms with Crippen LogP contribution in [0.2, 0.25) is 10.0 Å². The maximum Gasteiger partial charge on any atom is 0.337 e. The highest BCUT2D eigenvalue weighted by molar-refractivity contribution is 7.91. The summed E-state index contributed by atoms with van der Waals surface area (Å²) in [6.07, 6.45) is 0. The highest BCUT2D eigenvalue weighted by Crippen LogP contribution is 2.29. The summed E-state index contributed by atoms with van der Waals surface area (Å²) in [6, 6.07) is 18.5. The van der Waals surface area contributed by atoms with Gasteiger partial charge in [-0.05, 0) is 48.0 Å². The summed E-state index contributed by atoms with van der Waals surface area (Å²) >= 11 is 12.3. The van der Waals surface area contributed by atoms with Crippen LogP contribution in [0.15, 0.2) is 72.8 Å². The molecule has 3 rings (SSSR count). The predicted octanol–water partition coefficient (Wildman–Crippen LogP) is 4.46. The van der Waals surface area contributed by atoms with Gasteiger partial charge in [0.1, 0.15) is 0 Å². The number of nitrogens with one attached hydrogen (secondary N) is 1. The Labute approximate surface area is 195 Å². The number of halogens is 2. The number of esters is 1. The zero-order chi connectivity index (χ0) is 23.3. The van der Waals surface area contributed by atoms with E-state index in [9.17, 15) is 18.0 Å². The smallest absolute Gasteiger partial charge is 0.337 e. The number of carbonyl (C=O) groups excluding carboxylic acids is 2. The van der Waals surface area contributed by atoms with E-state index < -0.39 is 22.1 Å². The number of methoxy groups -OCH3 is 1. The second kappa shape index (κ2) is 10.0. The Hall–Kier alpha value is -3.07. The first-order valence-electron chi connectivity index (χ1n) is 9.24. The lowest BCUT2D eigenvalue weighted by Gasteiger charge is -2.25. The molecule has 1 N–H and O–H groups in total. The fraction of sp³-hybridized carbons (Fsp3) is 0.0909. The van der Waals surface area contributed by atoms with Crippen LogP contribution in [-0.4, -0.2) is 27.4 Å². The number of rotatable bonds is 7. The van der Waals surface area contributed by atoms with Gasteiger partial charge in [-0.25, -0.2) is 13.8 Å². The minimum absolute atomic E-state index is 0.179. The van der Waals surface area contributed by atoms with Crippen molar-refractivity contribution in [1.82, 2.24) is 4.72 Å². The van der Waals surface area contributed by atoms with Gasteiger partial charge >= 0.3 is 16.2 Å². The summed E-state index contributed by atoms with van der Waals surface area (Å²) in [7, 11) is -3.13. The van der Waals surface area contributed by atoms with E-state index in [1.165, 1.54) is 43.5 Å². The van der Waals surface area contributed by atoms with E-state index in [1.54, 1.807) is 36.4 Å². The molecule has 0 spiro atoms. The average molecular weight is 493 g/mol. The quantitative estimate of drug-likeness (QED) is 0.491. The van der Waals surface area contributed by atoms with Gasteiger partial charge in [0.05, 0.1) is 35.0 Å². The van der Waals surface area contributed by atoms with E-state index in [0.29, 0.717) is 5.56 Å². The van der Waals surface area contributed by atoms with E-state index in [0.717, 1.165) is 4.31 Å². The molecule has 0 unspecified atom stereocenters. The zero-order valence-corrected chi connectivity index (χ0v) is 19.1. The first-order valence-corrected chi connectivity index (χ1v) is 11.4. The largest absolute Gasteiger partial charge is 0.465 e. The molecular weight excluding hydrogens is 475 g/mol. The van der Waals surface area contributed by atoms with Gasteiger partial charge in [-0.3, -0.25) is 4.79 Å². The van der Waals surface area contributed by atoms with Crippen LogP contribution in [-0.2, 0) is 21.5 Å². The number of benzene rings is 3. The lowest BCUT2D eigenvalue weighted by molar-refractivity contribution is 0.0600. The molecule has 0 heterocycles. The van der Waals surface area contributed by atoms with Gasteiger partial charge in [-0.2, -0.15) is 8.42 Å². The molecule has 7 nitrogen and oxygen atoms in total. The lowest BCUT2D eigenvalue weighted by Crippen LogP contribution is -2.43. The summed E-state index contributed by atoms with van der Waals surface area (Å²) in [5, 5.41) is 0.450. The molecule has 0 aliphatic heterocycles. The number of anilines is 1. The predicted molar refractivity (Wildman–Crippen MR) is 123 cm³/mol. The van der Waals surface area contributed by atoms with Crippen LogP contribution < -0.4 is 9.03 Å². The van der Waals surface area contributed by atoms with E-state index in [4.69, 9.17) is 23.2 Å². The van der Waals surface area contributed by atoms with Crippen molar-refractivity contribution in [3.63, 3.8) is 0 Å². The van der Waals surface area contributed by atoms with Crippen molar-refractivity contribution in [1.29, 1.82) is 0 Å². The van der Waals surface area contributed by atoms with Crippen LogP contribution in [0.4, 0.5) is 5.69 Å². The van der Waals surface area contributed by atoms with Crippen molar-refractivity contribution in [3.05, 3.63) is 99.5 Å². The number of hydrogen-bond donors (Lipinski definition) is 1. The first kappa shape index (κ1) is 23.6. The van der Waals surface area contributed by atoms with Crippen molar-refractivity contribution in [2.24, 2.45) is 0 Å². The van der Waals surface area contributed by atoms with Crippen molar-refractivity contribution >= 4 is 51.0 Å². The molecule has 0 aromatic heterocycles. The van der Waals surface area contributed by atoms with Crippen molar-refractivity contribution in [3.8, 4) is 0 Å². The third-order valence-corrected chi connectivity index (χ3v) is 6.69. The molecule has 0 atom stereocenters. The number of nitrogens with zero attached hydrogens (tertiary/aromatic N) is 1. The zero-order valence-electron chi connectivity index (χ0n) is 16.8. The minimum atomic E-state index is -4.37.